The van der Waals surface area contributed by atoms with Crippen LogP contribution in [0.3, 0.4) is 0 Å². The van der Waals surface area contributed by atoms with Crippen molar-refractivity contribution < 1.29 is 58.4 Å². The number of aromatic nitrogens is 16. The Morgan fingerprint density at radius 3 is 1.07 bits per heavy atom. The van der Waals surface area contributed by atoms with Crippen LogP contribution >= 0.6 is 0 Å². The van der Waals surface area contributed by atoms with E-state index in [9.17, 15) is 48.9 Å². The number of nitrogens with one attached hydrogen (secondary N) is 4. The molecule has 132 heavy (non-hydrogen) atoms. The first-order valence-corrected chi connectivity index (χ1v) is 45.6. The molecule has 4 heterocycles. The van der Waals surface area contributed by atoms with E-state index in [4.69, 9.17) is 9.47 Å². The summed E-state index contributed by atoms with van der Waals surface area (Å²) in [5, 5.41) is 86.5. The van der Waals surface area contributed by atoms with Gasteiger partial charge in [-0.1, -0.05) is 288 Å². The molecule has 32 heteroatoms. The third kappa shape index (κ3) is 27.8. The molecule has 7 N–H and O–H groups in total. The first kappa shape index (κ1) is 100. The maximum Gasteiger partial charge on any atom is 0.410 e. The highest BCUT2D eigenvalue weighted by atomic mass is 16.6. The lowest BCUT2D eigenvalue weighted by atomic mass is 9.73. The fourth-order valence-electron chi connectivity index (χ4n) is 16.0. The Labute approximate surface area is 770 Å². The van der Waals surface area contributed by atoms with Gasteiger partial charge in [0.15, 0.2) is 0 Å². The summed E-state index contributed by atoms with van der Waals surface area (Å²) >= 11 is 0. The molecule has 0 aliphatic heterocycles. The molecule has 0 spiro atoms. The van der Waals surface area contributed by atoms with Crippen LogP contribution < -0.4 is 0 Å². The normalized spacial score (nSPS) is 12.6. The summed E-state index contributed by atoms with van der Waals surface area (Å²) in [5.74, 6) is 0.0638. The maximum atomic E-state index is 13.3. The Hall–Kier alpha value is -13.9. The fourth-order valence-corrected chi connectivity index (χ4v) is 16.0. The van der Waals surface area contributed by atoms with Crippen LogP contribution in [0.5, 0.6) is 0 Å². The first-order valence-electron chi connectivity index (χ1n) is 45.6. The highest BCUT2D eigenvalue weighted by Gasteiger charge is 2.44. The van der Waals surface area contributed by atoms with Crippen molar-refractivity contribution in [2.45, 2.75) is 211 Å². The van der Waals surface area contributed by atoms with Gasteiger partial charge in [0.2, 0.25) is 41.0 Å². The zero-order valence-electron chi connectivity index (χ0n) is 77.4. The molecule has 0 saturated heterocycles. The van der Waals surface area contributed by atoms with Gasteiger partial charge in [0.1, 0.15) is 6.04 Å². The number of rotatable bonds is 40. The van der Waals surface area contributed by atoms with Crippen LogP contribution in [0.2, 0.25) is 0 Å². The van der Waals surface area contributed by atoms with E-state index in [0.717, 1.165) is 160 Å². The molecule has 0 unspecified atom stereocenters. The number of amides is 4. The average molecular weight is 1800 g/mol. The van der Waals surface area contributed by atoms with Crippen LogP contribution in [0.15, 0.2) is 194 Å². The Kier molecular flexibility index (Phi) is 38.2. The number of nitrogens with zero attached hydrogens (tertiary/aromatic N) is 16. The quantitative estimate of drug-likeness (QED) is 0.0175. The number of carboxylic acids is 2. The van der Waals surface area contributed by atoms with E-state index in [-0.39, 0.29) is 67.9 Å². The third-order valence-electron chi connectivity index (χ3n) is 23.2. The molecule has 0 radical (unpaired) electrons. The number of carboxylic acid groups (broad SMARTS) is 2. The summed E-state index contributed by atoms with van der Waals surface area (Å²) < 4.78 is 10.8. The Morgan fingerprint density at radius 2 is 0.758 bits per heavy atom. The number of esters is 1. The Bertz CT molecular complexity index is 5560. The molecule has 4 amide bonds. The minimum Gasteiger partial charge on any atom is -0.481 e. The van der Waals surface area contributed by atoms with Crippen LogP contribution in [0.1, 0.15) is 195 Å². The van der Waals surface area contributed by atoms with Crippen molar-refractivity contribution in [2.75, 3.05) is 32.9 Å². The Morgan fingerprint density at radius 1 is 0.417 bits per heavy atom. The van der Waals surface area contributed by atoms with Crippen molar-refractivity contribution in [1.29, 1.82) is 0 Å². The van der Waals surface area contributed by atoms with Crippen LogP contribution in [0.4, 0.5) is 4.79 Å². The molecule has 1 saturated carbocycles. The number of carbonyl (C=O) groups excluding carboxylic acids is 5. The molecule has 13 rings (SSSR count). The fraction of sp³-hybridized carbons (Fsp3) is 0.410. The van der Waals surface area contributed by atoms with Gasteiger partial charge in [-0.3, -0.25) is 28.9 Å². The lowest BCUT2D eigenvalue weighted by Crippen LogP contribution is -2.47. The minimum absolute atomic E-state index is 0.0206. The molecule has 8 aromatic carbocycles. The van der Waals surface area contributed by atoms with Crippen LogP contribution in [-0.4, -0.2) is 204 Å². The average Bonchev–Trinajstić information content (AvgIpc) is 1.01. The summed E-state index contributed by atoms with van der Waals surface area (Å²) in [5.41, 5.74) is 13.6. The van der Waals surface area contributed by atoms with E-state index in [1.165, 1.54) is 4.90 Å². The van der Waals surface area contributed by atoms with Crippen molar-refractivity contribution in [2.24, 2.45) is 22.7 Å². The first-order chi connectivity index (χ1) is 63.8. The summed E-state index contributed by atoms with van der Waals surface area (Å²) in [6, 6.07) is 62.2. The minimum atomic E-state index is -1.06. The monoisotopic (exact) mass is 1800 g/mol. The second kappa shape index (κ2) is 50.3. The van der Waals surface area contributed by atoms with Crippen LogP contribution in [0.25, 0.3) is 90.1 Å². The molecule has 12 aromatic rings. The number of unbranched alkanes of at least 4 members (excludes halogenated alkanes) is 3. The summed E-state index contributed by atoms with van der Waals surface area (Å²) in [6.07, 6.45) is 11.4. The number of hydrogen-bond donors (Lipinski definition) is 7. The van der Waals surface area contributed by atoms with Crippen molar-refractivity contribution in [3.8, 4) is 90.1 Å². The summed E-state index contributed by atoms with van der Waals surface area (Å²) in [7, 11) is 0. The molecular formula is C100H124N20O12. The highest BCUT2D eigenvalue weighted by Crippen LogP contribution is 2.41. The molecule has 1 aliphatic rings. The summed E-state index contributed by atoms with van der Waals surface area (Å²) in [6.45, 7) is 23.4. The molecule has 2 atom stereocenters. The van der Waals surface area contributed by atoms with Gasteiger partial charge >= 0.3 is 24.0 Å². The lowest BCUT2D eigenvalue weighted by molar-refractivity contribution is -0.160. The van der Waals surface area contributed by atoms with Gasteiger partial charge in [0.05, 0.1) is 36.7 Å². The van der Waals surface area contributed by atoms with Gasteiger partial charge in [0.25, 0.3) is 0 Å². The van der Waals surface area contributed by atoms with Crippen molar-refractivity contribution in [3.05, 3.63) is 216 Å². The smallest absolute Gasteiger partial charge is 0.410 e. The number of H-pyrrole nitrogens is 4. The molecule has 0 bridgehead atoms. The highest BCUT2D eigenvalue weighted by molar-refractivity contribution is 5.86. The standard InChI is InChI=1S/C29H37N5O3.C24H29N5O3.C24H31N5O2.C23H27N5O4/c1-3-5-13-26(35)34(21-29(28(36)37-4-2)18-9-6-10-19-29)20-22-14-16-23(17-15-22)24-11-7-8-12-25(24)27-30-32-33-31-27;1-4-5-10-21(30)29(16-24(2,3)23(31)32)15-17-11-13-18(14-12-17)19-8-6-7-9-20(19)22-25-27-28-26-22;1-4-5-10-23(31)29(22(16-30)17(2)3)15-18-11-13-19(14-12-18)20-8-6-7-9-21(20)24-25-27-28-26-24;1-4-13-32-23(31)28(20(15(2)3)22(29)30)14-16-9-11-17(12-10-16)18-7-5-6-8-19(18)21-24-26-27-25-21/h7-8,11-12,14-17H,3-6,9-10,13,18-21H2,1-2H3,(H,30,31,32,33);6-9,11-14H,4-5,10,15-16H2,1-3H3,(H,31,32)(H,25,26,27,28);6-9,11-14,17,22,30H,4-5,10,15-16H2,1-3H3,(H,25,26,27,28);5-12,15,20H,4,13-14H2,1-3H3,(H,29,30)(H,24,25,26,27)/t;;22-;20-/m..10/s1. The van der Waals surface area contributed by atoms with E-state index in [0.29, 0.717) is 81.8 Å². The van der Waals surface area contributed by atoms with E-state index >= 15 is 0 Å². The molecule has 32 nitrogen and oxygen atoms in total. The molecule has 1 fully saturated rings. The molecular weight excluding hydrogens is 1670 g/mol. The predicted octanol–water partition coefficient (Wildman–Crippen LogP) is 17.8. The maximum absolute atomic E-state index is 13.3. The van der Waals surface area contributed by atoms with Crippen LogP contribution in [-0.2, 0) is 64.4 Å². The number of aromatic amines is 4. The van der Waals surface area contributed by atoms with Gasteiger partial charge in [0, 0.05) is 80.8 Å². The van der Waals surface area contributed by atoms with Crippen molar-refractivity contribution in [1.82, 2.24) is 102 Å². The van der Waals surface area contributed by atoms with Gasteiger partial charge in [-0.15, -0.1) is 40.8 Å². The van der Waals surface area contributed by atoms with E-state index < -0.39 is 34.9 Å². The number of aliphatic hydroxyl groups is 1. The zero-order chi connectivity index (χ0) is 94.5. The number of carbonyl (C=O) groups is 7. The topological polar surface area (TPSA) is 429 Å². The van der Waals surface area contributed by atoms with Gasteiger partial charge in [-0.05, 0) is 159 Å². The van der Waals surface area contributed by atoms with Gasteiger partial charge < -0.3 is 39.5 Å². The van der Waals surface area contributed by atoms with Gasteiger partial charge in [-0.25, -0.2) is 9.59 Å². The van der Waals surface area contributed by atoms with Gasteiger partial charge in [-0.2, -0.15) is 20.9 Å². The SMILES string of the molecule is CCCCC(=O)N(Cc1ccc(-c2ccccc2-c2nn[nH]n2)cc1)CC(C)(C)C(=O)O.CCCCC(=O)N(Cc1ccc(-c2ccccc2-c2nn[nH]n2)cc1)CC1(C(=O)OCC)CCCCC1.CCCCC(=O)N(Cc1ccc(-c2ccccc2-c2nn[nH]n2)cc1)[C@H](CO)C(C)C.CCCOC(=O)N(Cc1ccc(-c2ccccc2-c2nn[nH]n2)cc1)[C@H](C(=O)O)C(C)C. The zero-order valence-corrected chi connectivity index (χ0v) is 77.4. The van der Waals surface area contributed by atoms with Crippen molar-refractivity contribution in [3.63, 3.8) is 0 Å². The predicted molar refractivity (Wildman–Crippen MR) is 503 cm³/mol. The van der Waals surface area contributed by atoms with E-state index in [2.05, 4.69) is 121 Å². The number of ether oxygens (including phenoxy) is 2. The molecule has 696 valence electrons. The largest absolute Gasteiger partial charge is 0.481 e. The lowest BCUT2D eigenvalue weighted by Gasteiger charge is -2.39. The third-order valence-corrected chi connectivity index (χ3v) is 23.2. The molecule has 4 aromatic heterocycles. The number of tetrazole rings is 4. The summed E-state index contributed by atoms with van der Waals surface area (Å²) in [4.78, 5) is 94.9. The number of benzene rings is 8. The molecule has 1 aliphatic carbocycles. The van der Waals surface area contributed by atoms with E-state index in [1.807, 2.05) is 214 Å². The second-order valence-corrected chi connectivity index (χ2v) is 34.3. The van der Waals surface area contributed by atoms with E-state index in [1.54, 1.807) is 32.6 Å². The van der Waals surface area contributed by atoms with Crippen LogP contribution in [0, 0.1) is 22.7 Å². The number of aliphatic carboxylic acids is 2. The second-order valence-electron chi connectivity index (χ2n) is 34.3. The van der Waals surface area contributed by atoms with Crippen molar-refractivity contribution >= 4 is 41.7 Å². The number of aliphatic hydroxyl groups excluding tert-OH is 1. The Balaban J connectivity index is 0.000000183. The number of hydrogen-bond acceptors (Lipinski definition) is 22.